The second-order valence-corrected chi connectivity index (χ2v) is 12.0. The second-order valence-electron chi connectivity index (χ2n) is 11.1. The number of nitrogens with zero attached hydrogens (tertiary/aromatic N) is 3. The van der Waals surface area contributed by atoms with Gasteiger partial charge in [0.15, 0.2) is 0 Å². The fourth-order valence-electron chi connectivity index (χ4n) is 8.29. The van der Waals surface area contributed by atoms with E-state index >= 15 is 0 Å². The van der Waals surface area contributed by atoms with Crippen LogP contribution in [0.25, 0.3) is 10.6 Å². The summed E-state index contributed by atoms with van der Waals surface area (Å²) >= 11 is 1.77. The topological polar surface area (TPSA) is 46.1 Å². The van der Waals surface area contributed by atoms with Crippen molar-refractivity contribution < 1.29 is 4.79 Å². The molecule has 1 aliphatic heterocycles. The molecule has 3 aliphatic carbocycles. The van der Waals surface area contributed by atoms with Gasteiger partial charge >= 0.3 is 0 Å². The molecule has 0 aromatic carbocycles. The minimum absolute atomic E-state index is 0.124. The smallest absolute Gasteiger partial charge is 0.246 e. The maximum atomic E-state index is 12.3. The zero-order valence-electron chi connectivity index (χ0n) is 19.3. The van der Waals surface area contributed by atoms with Gasteiger partial charge in [-0.2, -0.15) is 0 Å². The minimum atomic E-state index is 0.124. The van der Waals surface area contributed by atoms with Crippen molar-refractivity contribution in [3.63, 3.8) is 0 Å². The van der Waals surface area contributed by atoms with Crippen LogP contribution in [0.1, 0.15) is 64.0 Å². The van der Waals surface area contributed by atoms with Crippen LogP contribution in [0.2, 0.25) is 0 Å². The average Bonchev–Trinajstić information content (AvgIpc) is 3.41. The summed E-state index contributed by atoms with van der Waals surface area (Å²) in [4.78, 5) is 23.7. The molecule has 7 atom stereocenters. The molecule has 0 spiro atoms. The first-order valence-electron chi connectivity index (χ1n) is 12.2. The van der Waals surface area contributed by atoms with Gasteiger partial charge in [0.25, 0.3) is 0 Å². The van der Waals surface area contributed by atoms with Crippen LogP contribution in [0, 0.1) is 28.6 Å². The molecule has 5 heteroatoms. The standard InChI is InChI=1S/C27H33N3OS/c1-26-12-10-20-18(6-9-23-27(20,2)13-11-24(31)30(23)3)19(26)7-8-21(26)22-16-32-25(29-22)17-5-4-14-28-15-17/h4-5,11,13-16,18-21,23H,6-10,12H2,1-3H3/t18-,19-,20-,21+,23+,26-,27+/m0/s1. The van der Waals surface area contributed by atoms with Gasteiger partial charge in [-0.05, 0) is 79.9 Å². The van der Waals surface area contributed by atoms with Crippen molar-refractivity contribution in [1.82, 2.24) is 14.9 Å². The molecule has 2 aromatic rings. The molecule has 3 fully saturated rings. The van der Waals surface area contributed by atoms with Gasteiger partial charge in [-0.3, -0.25) is 9.78 Å². The minimum Gasteiger partial charge on any atom is -0.338 e. The van der Waals surface area contributed by atoms with Crippen molar-refractivity contribution in [2.24, 2.45) is 28.6 Å². The van der Waals surface area contributed by atoms with E-state index in [0.717, 1.165) is 28.8 Å². The van der Waals surface area contributed by atoms with E-state index in [4.69, 9.17) is 4.98 Å². The van der Waals surface area contributed by atoms with E-state index in [1.807, 2.05) is 36.5 Å². The lowest BCUT2D eigenvalue weighted by molar-refractivity contribution is -0.138. The number of fused-ring (bicyclic) bond motifs is 5. The Morgan fingerprint density at radius 3 is 2.81 bits per heavy atom. The molecule has 4 aliphatic rings. The number of carbonyl (C=O) groups is 1. The van der Waals surface area contributed by atoms with E-state index in [1.54, 1.807) is 11.3 Å². The van der Waals surface area contributed by atoms with Gasteiger partial charge < -0.3 is 4.90 Å². The first-order valence-corrected chi connectivity index (χ1v) is 13.1. The third-order valence-corrected chi connectivity index (χ3v) is 10.8. The summed E-state index contributed by atoms with van der Waals surface area (Å²) in [6, 6.07) is 4.47. The molecule has 0 unspecified atom stereocenters. The number of aromatic nitrogens is 2. The van der Waals surface area contributed by atoms with Crippen LogP contribution in [0.15, 0.2) is 42.1 Å². The molecule has 32 heavy (non-hydrogen) atoms. The number of rotatable bonds is 2. The lowest BCUT2D eigenvalue weighted by atomic mass is 9.47. The van der Waals surface area contributed by atoms with Crippen molar-refractivity contribution in [2.45, 2.75) is 64.3 Å². The lowest BCUT2D eigenvalue weighted by Gasteiger charge is -2.60. The quantitative estimate of drug-likeness (QED) is 0.573. The zero-order chi connectivity index (χ0) is 22.1. The van der Waals surface area contributed by atoms with Crippen LogP contribution in [-0.2, 0) is 4.79 Å². The molecule has 4 nitrogen and oxygen atoms in total. The van der Waals surface area contributed by atoms with Crippen molar-refractivity contribution in [3.8, 4) is 10.6 Å². The van der Waals surface area contributed by atoms with Crippen LogP contribution in [-0.4, -0.2) is 33.9 Å². The normalized spacial score (nSPS) is 40.7. The molecule has 6 rings (SSSR count). The number of carbonyl (C=O) groups excluding carboxylic acids is 1. The third-order valence-electron chi connectivity index (χ3n) is 9.92. The molecule has 3 saturated carbocycles. The summed E-state index contributed by atoms with van der Waals surface area (Å²) in [6.45, 7) is 5.00. The molecular formula is C27H33N3OS. The second kappa shape index (κ2) is 7.24. The maximum Gasteiger partial charge on any atom is 0.246 e. The van der Waals surface area contributed by atoms with Crippen LogP contribution >= 0.6 is 11.3 Å². The van der Waals surface area contributed by atoms with Crippen LogP contribution in [0.3, 0.4) is 0 Å². The highest BCUT2D eigenvalue weighted by atomic mass is 32.1. The van der Waals surface area contributed by atoms with Crippen molar-refractivity contribution in [2.75, 3.05) is 7.05 Å². The molecule has 0 N–H and O–H groups in total. The van der Waals surface area contributed by atoms with Crippen LogP contribution in [0.5, 0.6) is 0 Å². The first kappa shape index (κ1) is 20.6. The summed E-state index contributed by atoms with van der Waals surface area (Å²) in [7, 11) is 2.01. The van der Waals surface area contributed by atoms with Crippen molar-refractivity contribution in [3.05, 3.63) is 47.8 Å². The first-order chi connectivity index (χ1) is 15.4. The zero-order valence-corrected chi connectivity index (χ0v) is 20.1. The Morgan fingerprint density at radius 1 is 1.12 bits per heavy atom. The number of likely N-dealkylation sites (N-methyl/N-ethyl adjacent to an activating group) is 1. The molecule has 0 bridgehead atoms. The van der Waals surface area contributed by atoms with E-state index < -0.39 is 0 Å². The van der Waals surface area contributed by atoms with Crippen molar-refractivity contribution in [1.29, 1.82) is 0 Å². The Labute approximate surface area is 195 Å². The van der Waals surface area contributed by atoms with E-state index in [0.29, 0.717) is 23.3 Å². The number of amides is 1. The van der Waals surface area contributed by atoms with Gasteiger partial charge in [-0.25, -0.2) is 4.98 Å². The molecule has 1 amide bonds. The summed E-state index contributed by atoms with van der Waals surface area (Å²) in [5, 5.41) is 3.41. The summed E-state index contributed by atoms with van der Waals surface area (Å²) in [5.41, 5.74) is 2.89. The predicted octanol–water partition coefficient (Wildman–Crippen LogP) is 5.93. The monoisotopic (exact) mass is 447 g/mol. The number of hydrogen-bond donors (Lipinski definition) is 0. The van der Waals surface area contributed by atoms with Gasteiger partial charge in [0.1, 0.15) is 5.01 Å². The van der Waals surface area contributed by atoms with Gasteiger partial charge in [0.2, 0.25) is 5.91 Å². The molecule has 2 aromatic heterocycles. The highest BCUT2D eigenvalue weighted by molar-refractivity contribution is 7.13. The van der Waals surface area contributed by atoms with Crippen LogP contribution in [0.4, 0.5) is 0 Å². The molecule has 0 saturated heterocycles. The van der Waals surface area contributed by atoms with Gasteiger partial charge in [-0.15, -0.1) is 11.3 Å². The fraction of sp³-hybridized carbons (Fsp3) is 0.593. The molecule has 168 valence electrons. The fourth-order valence-corrected chi connectivity index (χ4v) is 9.16. The Morgan fingerprint density at radius 2 is 2.00 bits per heavy atom. The SMILES string of the molecule is CN1C(=O)C=C[C@]2(C)[C@H]3CC[C@]4(C)[C@@H](c5csc(-c6cccnc6)n5)CC[C@H]4[C@@H]3CC[C@@H]12. The highest BCUT2D eigenvalue weighted by Crippen LogP contribution is 2.67. The van der Waals surface area contributed by atoms with Crippen molar-refractivity contribution >= 4 is 17.2 Å². The maximum absolute atomic E-state index is 12.3. The summed E-state index contributed by atoms with van der Waals surface area (Å²) in [6.07, 6.45) is 15.4. The Hall–Kier alpha value is -2.01. The Bertz CT molecular complexity index is 1060. The van der Waals surface area contributed by atoms with Gasteiger partial charge in [0.05, 0.1) is 5.69 Å². The Balaban J connectivity index is 1.29. The number of thiazole rings is 1. The van der Waals surface area contributed by atoms with E-state index in [-0.39, 0.29) is 11.3 Å². The van der Waals surface area contributed by atoms with Gasteiger partial charge in [-0.1, -0.05) is 19.9 Å². The number of pyridine rings is 1. The molecule has 0 radical (unpaired) electrons. The lowest BCUT2D eigenvalue weighted by Crippen LogP contribution is -2.59. The van der Waals surface area contributed by atoms with Gasteiger partial charge in [0, 0.05) is 47.8 Å². The Kier molecular flexibility index (Phi) is 4.66. The van der Waals surface area contributed by atoms with Crippen LogP contribution < -0.4 is 0 Å². The van der Waals surface area contributed by atoms with E-state index in [2.05, 4.69) is 36.4 Å². The third kappa shape index (κ3) is 2.82. The highest BCUT2D eigenvalue weighted by Gasteiger charge is 2.60. The number of hydrogen-bond acceptors (Lipinski definition) is 4. The summed E-state index contributed by atoms with van der Waals surface area (Å²) in [5.74, 6) is 2.96. The molecular weight excluding hydrogens is 414 g/mol. The molecule has 3 heterocycles. The largest absolute Gasteiger partial charge is 0.338 e. The van der Waals surface area contributed by atoms with E-state index in [9.17, 15) is 4.79 Å². The summed E-state index contributed by atoms with van der Waals surface area (Å²) < 4.78 is 0. The van der Waals surface area contributed by atoms with E-state index in [1.165, 1.54) is 37.8 Å². The average molecular weight is 448 g/mol. The predicted molar refractivity (Wildman–Crippen MR) is 128 cm³/mol.